The van der Waals surface area contributed by atoms with Crippen molar-refractivity contribution in [1.29, 1.82) is 0 Å². The summed E-state index contributed by atoms with van der Waals surface area (Å²) in [7, 11) is 0. The predicted octanol–water partition coefficient (Wildman–Crippen LogP) is 13.8. The molecule has 0 fully saturated rings. The smallest absolute Gasteiger partial charge is 0.0232 e. The van der Waals surface area contributed by atoms with Gasteiger partial charge >= 0.3 is 0 Å². The second kappa shape index (κ2) is 32.0. The quantitative estimate of drug-likeness (QED) is 0.0652. The van der Waals surface area contributed by atoms with Crippen molar-refractivity contribution in [3.8, 4) is 0 Å². The van der Waals surface area contributed by atoms with E-state index in [2.05, 4.69) is 63.8 Å². The lowest BCUT2D eigenvalue weighted by Gasteiger charge is -2.19. The van der Waals surface area contributed by atoms with Crippen LogP contribution in [0, 0.1) is 0 Å². The largest absolute Gasteiger partial charge is 0.147 e. The standard InChI is InChI=1S/C36H70S/c1-5-9-13-17-19-21-23-25-29-33-35(31-27-15-11-7-3)37-36(32-28-16-12-8-4)34-30-26-24-22-20-18-14-10-6-2/h27-28,31-32,35-36H,5-26,29-30,33-34H2,1-4H3. The van der Waals surface area contributed by atoms with E-state index < -0.39 is 0 Å². The van der Waals surface area contributed by atoms with Gasteiger partial charge in [-0.2, -0.15) is 0 Å². The molecule has 37 heavy (non-hydrogen) atoms. The number of rotatable bonds is 30. The van der Waals surface area contributed by atoms with E-state index in [9.17, 15) is 0 Å². The van der Waals surface area contributed by atoms with E-state index in [1.165, 1.54) is 167 Å². The van der Waals surface area contributed by atoms with Gasteiger partial charge in [-0.15, -0.1) is 11.8 Å². The van der Waals surface area contributed by atoms with Crippen molar-refractivity contribution in [1.82, 2.24) is 0 Å². The van der Waals surface area contributed by atoms with E-state index in [1.807, 2.05) is 0 Å². The molecule has 0 aromatic heterocycles. The molecule has 1 heteroatoms. The number of hydrogen-bond acceptors (Lipinski definition) is 1. The summed E-state index contributed by atoms with van der Waals surface area (Å²) in [5.74, 6) is 0. The fraction of sp³-hybridized carbons (Fsp3) is 0.889. The summed E-state index contributed by atoms with van der Waals surface area (Å²) in [5.41, 5.74) is 0. The van der Waals surface area contributed by atoms with Crippen LogP contribution in [0.3, 0.4) is 0 Å². The Bertz CT molecular complexity index is 423. The third-order valence-electron chi connectivity index (χ3n) is 7.68. The van der Waals surface area contributed by atoms with Crippen LogP contribution in [0.15, 0.2) is 24.3 Å². The molecular formula is C36H70S. The molecular weight excluding hydrogens is 464 g/mol. The van der Waals surface area contributed by atoms with Gasteiger partial charge in [-0.25, -0.2) is 0 Å². The minimum Gasteiger partial charge on any atom is -0.147 e. The minimum absolute atomic E-state index is 0.709. The van der Waals surface area contributed by atoms with Crippen LogP contribution in [0.5, 0.6) is 0 Å². The number of hydrogen-bond donors (Lipinski definition) is 0. The molecule has 0 amide bonds. The Balaban J connectivity index is 4.54. The third kappa shape index (κ3) is 28.7. The molecule has 0 N–H and O–H groups in total. The van der Waals surface area contributed by atoms with Gasteiger partial charge in [0.25, 0.3) is 0 Å². The zero-order valence-electron chi connectivity index (χ0n) is 26.3. The van der Waals surface area contributed by atoms with Gasteiger partial charge < -0.3 is 0 Å². The van der Waals surface area contributed by atoms with Gasteiger partial charge in [-0.3, -0.25) is 0 Å². The molecule has 0 heterocycles. The first-order valence-electron chi connectivity index (χ1n) is 17.3. The van der Waals surface area contributed by atoms with Gasteiger partial charge in [0.15, 0.2) is 0 Å². The Labute approximate surface area is 240 Å². The molecule has 0 aliphatic carbocycles. The summed E-state index contributed by atoms with van der Waals surface area (Å²) in [6, 6.07) is 0. The normalized spacial score (nSPS) is 13.7. The molecule has 0 aromatic carbocycles. The van der Waals surface area contributed by atoms with Gasteiger partial charge in [0.2, 0.25) is 0 Å². The van der Waals surface area contributed by atoms with Crippen molar-refractivity contribution in [2.75, 3.05) is 0 Å². The van der Waals surface area contributed by atoms with Crippen molar-refractivity contribution in [3.63, 3.8) is 0 Å². The Hall–Kier alpha value is -0.170. The minimum atomic E-state index is 0.709. The number of thioether (sulfide) groups is 1. The second-order valence-corrected chi connectivity index (χ2v) is 13.1. The molecule has 2 atom stereocenters. The van der Waals surface area contributed by atoms with Crippen LogP contribution < -0.4 is 0 Å². The van der Waals surface area contributed by atoms with Gasteiger partial charge in [-0.1, -0.05) is 193 Å². The molecule has 0 aliphatic rings. The average Bonchev–Trinajstić information content (AvgIpc) is 2.91. The lowest BCUT2D eigenvalue weighted by molar-refractivity contribution is 0.556. The van der Waals surface area contributed by atoms with Gasteiger partial charge in [0.1, 0.15) is 0 Å². The fourth-order valence-electron chi connectivity index (χ4n) is 5.10. The highest BCUT2D eigenvalue weighted by Gasteiger charge is 2.13. The summed E-state index contributed by atoms with van der Waals surface area (Å²) >= 11 is 2.29. The first-order chi connectivity index (χ1) is 18.3. The van der Waals surface area contributed by atoms with Crippen molar-refractivity contribution >= 4 is 11.8 Å². The van der Waals surface area contributed by atoms with E-state index in [0.29, 0.717) is 10.5 Å². The lowest BCUT2D eigenvalue weighted by Crippen LogP contribution is -2.08. The molecule has 0 spiro atoms. The zero-order chi connectivity index (χ0) is 27.1. The van der Waals surface area contributed by atoms with Crippen LogP contribution in [0.1, 0.15) is 195 Å². The SMILES string of the molecule is CCCCC=CC(CCCCCCCCCCC)SC(C=CCCCC)CCCCCCCCCCC. The molecule has 0 bridgehead atoms. The van der Waals surface area contributed by atoms with Crippen molar-refractivity contribution in [3.05, 3.63) is 24.3 Å². The van der Waals surface area contributed by atoms with E-state index in [4.69, 9.17) is 0 Å². The summed E-state index contributed by atoms with van der Waals surface area (Å²) in [6.45, 7) is 9.25. The molecule has 0 aliphatic heterocycles. The van der Waals surface area contributed by atoms with E-state index in [-0.39, 0.29) is 0 Å². The molecule has 0 aromatic rings. The molecule has 0 rings (SSSR count). The van der Waals surface area contributed by atoms with Gasteiger partial charge in [0.05, 0.1) is 0 Å². The summed E-state index contributed by atoms with van der Waals surface area (Å²) in [6.07, 6.45) is 46.5. The van der Waals surface area contributed by atoms with Crippen LogP contribution >= 0.6 is 11.8 Å². The van der Waals surface area contributed by atoms with E-state index >= 15 is 0 Å². The summed E-state index contributed by atoms with van der Waals surface area (Å²) in [5, 5.41) is 1.42. The molecule has 0 radical (unpaired) electrons. The van der Waals surface area contributed by atoms with Gasteiger partial charge in [0, 0.05) is 10.5 Å². The highest BCUT2D eigenvalue weighted by atomic mass is 32.2. The predicted molar refractivity (Wildman–Crippen MR) is 176 cm³/mol. The monoisotopic (exact) mass is 535 g/mol. The topological polar surface area (TPSA) is 0 Å². The van der Waals surface area contributed by atoms with Crippen molar-refractivity contribution in [2.45, 2.75) is 205 Å². The Morgan fingerprint density at radius 3 is 1.00 bits per heavy atom. The van der Waals surface area contributed by atoms with E-state index in [1.54, 1.807) is 0 Å². The third-order valence-corrected chi connectivity index (χ3v) is 9.17. The van der Waals surface area contributed by atoms with Gasteiger partial charge in [-0.05, 0) is 25.7 Å². The highest BCUT2D eigenvalue weighted by Crippen LogP contribution is 2.29. The number of allylic oxidation sites excluding steroid dienone is 2. The Morgan fingerprint density at radius 1 is 0.378 bits per heavy atom. The van der Waals surface area contributed by atoms with Crippen molar-refractivity contribution in [2.24, 2.45) is 0 Å². The zero-order valence-corrected chi connectivity index (χ0v) is 27.1. The molecule has 2 unspecified atom stereocenters. The molecule has 0 nitrogen and oxygen atoms in total. The maximum Gasteiger partial charge on any atom is 0.0232 e. The van der Waals surface area contributed by atoms with Crippen LogP contribution in [0.4, 0.5) is 0 Å². The van der Waals surface area contributed by atoms with Crippen LogP contribution in [-0.4, -0.2) is 10.5 Å². The summed E-state index contributed by atoms with van der Waals surface area (Å²) < 4.78 is 0. The maximum absolute atomic E-state index is 2.59. The lowest BCUT2D eigenvalue weighted by atomic mass is 10.1. The molecule has 220 valence electrons. The second-order valence-electron chi connectivity index (χ2n) is 11.6. The van der Waals surface area contributed by atoms with Crippen LogP contribution in [-0.2, 0) is 0 Å². The summed E-state index contributed by atoms with van der Waals surface area (Å²) in [4.78, 5) is 0. The fourth-order valence-corrected chi connectivity index (χ4v) is 6.55. The van der Waals surface area contributed by atoms with Crippen LogP contribution in [0.2, 0.25) is 0 Å². The molecule has 0 saturated carbocycles. The van der Waals surface area contributed by atoms with Crippen molar-refractivity contribution < 1.29 is 0 Å². The average molecular weight is 535 g/mol. The maximum atomic E-state index is 2.59. The number of unbranched alkanes of at least 4 members (excludes halogenated alkanes) is 20. The van der Waals surface area contributed by atoms with Crippen LogP contribution in [0.25, 0.3) is 0 Å². The van der Waals surface area contributed by atoms with E-state index in [0.717, 1.165) is 0 Å². The first kappa shape index (κ1) is 36.8. The highest BCUT2D eigenvalue weighted by molar-refractivity contribution is 8.00. The first-order valence-corrected chi connectivity index (χ1v) is 18.2. The molecule has 0 saturated heterocycles. The Kier molecular flexibility index (Phi) is 31.9. The Morgan fingerprint density at radius 2 is 0.676 bits per heavy atom.